The Hall–Kier alpha value is -2.10. The van der Waals surface area contributed by atoms with Gasteiger partial charge in [-0.25, -0.2) is 4.98 Å². The molecule has 0 saturated heterocycles. The van der Waals surface area contributed by atoms with Crippen molar-refractivity contribution in [1.82, 2.24) is 19.9 Å². The Balaban J connectivity index is 1.62. The molecule has 0 aliphatic carbocycles. The molecule has 0 aliphatic heterocycles. The van der Waals surface area contributed by atoms with E-state index in [4.69, 9.17) is 0 Å². The summed E-state index contributed by atoms with van der Waals surface area (Å²) in [5.41, 5.74) is 0.518. The number of aryl methyl sites for hydroxylation is 1. The van der Waals surface area contributed by atoms with Crippen LogP contribution in [-0.2, 0) is 17.9 Å². The van der Waals surface area contributed by atoms with Gasteiger partial charge in [0.1, 0.15) is 6.54 Å². The van der Waals surface area contributed by atoms with Crippen LogP contribution in [0.1, 0.15) is 22.5 Å². The molecule has 1 amide bonds. The largest absolute Gasteiger partial charge is 0.346 e. The molecule has 2 N–H and O–H groups in total. The summed E-state index contributed by atoms with van der Waals surface area (Å²) in [5.74, 6) is 0.0116. The molecule has 0 aromatic carbocycles. The normalized spacial score (nSPS) is 12.4. The van der Waals surface area contributed by atoms with Crippen molar-refractivity contribution < 1.29 is 9.69 Å². The van der Waals surface area contributed by atoms with Crippen LogP contribution in [0.25, 0.3) is 4.96 Å². The molecule has 3 aromatic rings. The lowest BCUT2D eigenvalue weighted by Gasteiger charge is -2.15. The highest BCUT2D eigenvalue weighted by atomic mass is 32.1. The number of amides is 1. The van der Waals surface area contributed by atoms with Crippen LogP contribution in [0.5, 0.6) is 0 Å². The van der Waals surface area contributed by atoms with Crippen LogP contribution in [-0.4, -0.2) is 33.6 Å². The third-order valence-electron chi connectivity index (χ3n) is 3.77. The highest BCUT2D eigenvalue weighted by Gasteiger charge is 2.17. The van der Waals surface area contributed by atoms with E-state index in [9.17, 15) is 9.59 Å². The molecule has 3 aromatic heterocycles. The van der Waals surface area contributed by atoms with Gasteiger partial charge in [0, 0.05) is 16.6 Å². The van der Waals surface area contributed by atoms with Gasteiger partial charge in [-0.05, 0) is 25.3 Å². The van der Waals surface area contributed by atoms with Gasteiger partial charge in [-0.15, -0.1) is 11.3 Å². The molecule has 0 radical (unpaired) electrons. The molecular formula is C16H20N5O2S2+. The highest BCUT2D eigenvalue weighted by molar-refractivity contribution is 7.16. The Kier molecular flexibility index (Phi) is 5.57. The fourth-order valence-corrected chi connectivity index (χ4v) is 4.11. The van der Waals surface area contributed by atoms with Crippen LogP contribution in [0, 0.1) is 6.92 Å². The number of likely N-dealkylation sites (N-methyl/N-ethyl adjacent to an activating group) is 1. The molecule has 25 heavy (non-hydrogen) atoms. The van der Waals surface area contributed by atoms with Crippen molar-refractivity contribution in [1.29, 1.82) is 0 Å². The maximum absolute atomic E-state index is 12.2. The average Bonchev–Trinajstić information content (AvgIpc) is 3.21. The van der Waals surface area contributed by atoms with Crippen LogP contribution >= 0.6 is 22.7 Å². The van der Waals surface area contributed by atoms with Gasteiger partial charge < -0.3 is 10.2 Å². The number of nitrogens with one attached hydrogen (secondary N) is 2. The standard InChI is InChI=1S/C16H19N5O2S2/c1-3-20(9-13(22)17-8-12-5-4-6-24-12)10-14-19-21-15(23)7-11(2)18-16(21)25-14/h4-7H,3,8-10H2,1-2H3,(H,17,22)/p+1. The van der Waals surface area contributed by atoms with Gasteiger partial charge in [-0.1, -0.05) is 17.4 Å². The monoisotopic (exact) mass is 378 g/mol. The summed E-state index contributed by atoms with van der Waals surface area (Å²) in [4.78, 5) is 31.3. The van der Waals surface area contributed by atoms with E-state index in [1.165, 1.54) is 21.9 Å². The molecular weight excluding hydrogens is 358 g/mol. The van der Waals surface area contributed by atoms with Crippen molar-refractivity contribution >= 4 is 33.5 Å². The molecule has 1 atom stereocenters. The summed E-state index contributed by atoms with van der Waals surface area (Å²) in [6.07, 6.45) is 0. The van der Waals surface area contributed by atoms with Gasteiger partial charge in [0.25, 0.3) is 11.5 Å². The smallest absolute Gasteiger partial charge is 0.275 e. The zero-order valence-electron chi connectivity index (χ0n) is 14.1. The fraction of sp³-hybridized carbons (Fsp3) is 0.375. The van der Waals surface area contributed by atoms with Crippen LogP contribution < -0.4 is 15.8 Å². The number of carbonyl (C=O) groups is 1. The number of hydrogen-bond acceptors (Lipinski definition) is 6. The Morgan fingerprint density at radius 1 is 1.44 bits per heavy atom. The molecule has 3 rings (SSSR count). The summed E-state index contributed by atoms with van der Waals surface area (Å²) in [6, 6.07) is 5.45. The van der Waals surface area contributed by atoms with Crippen LogP contribution in [0.15, 0.2) is 28.4 Å². The fourth-order valence-electron chi connectivity index (χ4n) is 2.45. The third-order valence-corrected chi connectivity index (χ3v) is 5.55. The zero-order chi connectivity index (χ0) is 17.8. The molecule has 1 unspecified atom stereocenters. The number of fused-ring (bicyclic) bond motifs is 1. The molecule has 0 fully saturated rings. The molecule has 0 spiro atoms. The van der Waals surface area contributed by atoms with Gasteiger partial charge >= 0.3 is 0 Å². The summed E-state index contributed by atoms with van der Waals surface area (Å²) >= 11 is 3.03. The predicted molar refractivity (Wildman–Crippen MR) is 98.1 cm³/mol. The maximum Gasteiger partial charge on any atom is 0.275 e. The van der Waals surface area contributed by atoms with E-state index < -0.39 is 0 Å². The van der Waals surface area contributed by atoms with Crippen molar-refractivity contribution in [2.45, 2.75) is 26.9 Å². The van der Waals surface area contributed by atoms with Crippen LogP contribution in [0.3, 0.4) is 0 Å². The molecule has 9 heteroatoms. The quantitative estimate of drug-likeness (QED) is 0.617. The molecule has 0 bridgehead atoms. The molecule has 7 nitrogen and oxygen atoms in total. The van der Waals surface area contributed by atoms with E-state index in [0.717, 1.165) is 21.3 Å². The van der Waals surface area contributed by atoms with E-state index >= 15 is 0 Å². The SMILES string of the molecule is CC[NH+](CC(=O)NCc1cccs1)Cc1nn2c(=O)cc(C)nc2s1. The van der Waals surface area contributed by atoms with Gasteiger partial charge in [-0.2, -0.15) is 9.61 Å². The van der Waals surface area contributed by atoms with Crippen molar-refractivity contribution in [2.75, 3.05) is 13.1 Å². The van der Waals surface area contributed by atoms with E-state index in [0.29, 0.717) is 30.3 Å². The molecule has 132 valence electrons. The molecule has 3 heterocycles. The second-order valence-corrected chi connectivity index (χ2v) is 7.81. The zero-order valence-corrected chi connectivity index (χ0v) is 15.7. The number of quaternary nitrogens is 1. The lowest BCUT2D eigenvalue weighted by Crippen LogP contribution is -3.11. The number of nitrogens with zero attached hydrogens (tertiary/aromatic N) is 3. The first-order valence-corrected chi connectivity index (χ1v) is 9.74. The second-order valence-electron chi connectivity index (χ2n) is 5.74. The Bertz CT molecular complexity index is 916. The minimum absolute atomic E-state index is 0.0116. The molecule has 0 aliphatic rings. The number of aromatic nitrogens is 3. The first kappa shape index (κ1) is 17.7. The van der Waals surface area contributed by atoms with Gasteiger partial charge in [0.05, 0.1) is 13.1 Å². The number of carbonyl (C=O) groups excluding carboxylic acids is 1. The Morgan fingerprint density at radius 3 is 3.00 bits per heavy atom. The maximum atomic E-state index is 12.2. The summed E-state index contributed by atoms with van der Waals surface area (Å²) in [5, 5.41) is 10.1. The first-order chi connectivity index (χ1) is 12.0. The van der Waals surface area contributed by atoms with Crippen LogP contribution in [0.2, 0.25) is 0 Å². The van der Waals surface area contributed by atoms with E-state index in [1.54, 1.807) is 18.3 Å². The van der Waals surface area contributed by atoms with Crippen molar-refractivity contribution in [3.05, 3.63) is 49.5 Å². The Labute approximate surface area is 152 Å². The topological polar surface area (TPSA) is 80.8 Å². The van der Waals surface area contributed by atoms with E-state index in [-0.39, 0.29) is 11.5 Å². The van der Waals surface area contributed by atoms with E-state index in [1.807, 2.05) is 24.4 Å². The Morgan fingerprint density at radius 2 is 2.28 bits per heavy atom. The van der Waals surface area contributed by atoms with Gasteiger partial charge in [-0.3, -0.25) is 9.59 Å². The van der Waals surface area contributed by atoms with E-state index in [2.05, 4.69) is 15.4 Å². The third kappa shape index (κ3) is 4.50. The summed E-state index contributed by atoms with van der Waals surface area (Å²) in [6.45, 7) is 6.15. The average molecular weight is 379 g/mol. The lowest BCUT2D eigenvalue weighted by molar-refractivity contribution is -0.904. The van der Waals surface area contributed by atoms with Gasteiger partial charge in [0.15, 0.2) is 11.6 Å². The van der Waals surface area contributed by atoms with Gasteiger partial charge in [0.2, 0.25) is 4.96 Å². The van der Waals surface area contributed by atoms with Crippen molar-refractivity contribution in [3.63, 3.8) is 0 Å². The number of rotatable bonds is 7. The minimum atomic E-state index is -0.170. The lowest BCUT2D eigenvalue weighted by atomic mass is 10.4. The molecule has 0 saturated carbocycles. The summed E-state index contributed by atoms with van der Waals surface area (Å²) < 4.78 is 1.33. The number of hydrogen-bond donors (Lipinski definition) is 2. The highest BCUT2D eigenvalue weighted by Crippen LogP contribution is 2.10. The minimum Gasteiger partial charge on any atom is -0.346 e. The van der Waals surface area contributed by atoms with Crippen molar-refractivity contribution in [2.24, 2.45) is 0 Å². The van der Waals surface area contributed by atoms with Crippen LogP contribution in [0.4, 0.5) is 0 Å². The predicted octanol–water partition coefficient (Wildman–Crippen LogP) is 0.242. The summed E-state index contributed by atoms with van der Waals surface area (Å²) in [7, 11) is 0. The van der Waals surface area contributed by atoms with Crippen molar-refractivity contribution in [3.8, 4) is 0 Å². The number of thiophene rings is 1. The first-order valence-electron chi connectivity index (χ1n) is 8.04. The second kappa shape index (κ2) is 7.85.